The molecule has 1 N–H and O–H groups in total. The van der Waals surface area contributed by atoms with E-state index >= 15 is 0 Å². The fourth-order valence-corrected chi connectivity index (χ4v) is 1.90. The molecular formula is C15H21N3O2. The van der Waals surface area contributed by atoms with Crippen molar-refractivity contribution in [3.8, 4) is 5.75 Å². The summed E-state index contributed by atoms with van der Waals surface area (Å²) in [6, 6.07) is 8.28. The van der Waals surface area contributed by atoms with Gasteiger partial charge in [-0.1, -0.05) is 17.3 Å². The van der Waals surface area contributed by atoms with Crippen molar-refractivity contribution in [1.29, 1.82) is 0 Å². The Morgan fingerprint density at radius 1 is 1.30 bits per heavy atom. The largest absolute Gasteiger partial charge is 0.491 e. The van der Waals surface area contributed by atoms with Crippen molar-refractivity contribution in [2.75, 3.05) is 0 Å². The highest BCUT2D eigenvalue weighted by molar-refractivity contribution is 5.30. The van der Waals surface area contributed by atoms with Crippen LogP contribution < -0.4 is 10.1 Å². The Morgan fingerprint density at radius 2 is 2.10 bits per heavy atom. The van der Waals surface area contributed by atoms with E-state index in [9.17, 15) is 0 Å². The Morgan fingerprint density at radius 3 is 2.75 bits per heavy atom. The van der Waals surface area contributed by atoms with E-state index in [1.54, 1.807) is 0 Å². The second-order valence-corrected chi connectivity index (χ2v) is 5.08. The minimum atomic E-state index is 0.176. The van der Waals surface area contributed by atoms with Gasteiger partial charge in [0.05, 0.1) is 12.6 Å². The molecule has 1 heterocycles. The number of aryl methyl sites for hydroxylation is 1. The van der Waals surface area contributed by atoms with E-state index in [-0.39, 0.29) is 12.1 Å². The lowest BCUT2D eigenvalue weighted by atomic mass is 10.1. The van der Waals surface area contributed by atoms with E-state index in [4.69, 9.17) is 9.26 Å². The third-order valence-electron chi connectivity index (χ3n) is 2.86. The van der Waals surface area contributed by atoms with Crippen LogP contribution >= 0.6 is 0 Å². The minimum Gasteiger partial charge on any atom is -0.491 e. The fourth-order valence-electron chi connectivity index (χ4n) is 1.90. The molecule has 0 saturated carbocycles. The van der Waals surface area contributed by atoms with E-state index in [1.165, 1.54) is 5.56 Å². The van der Waals surface area contributed by atoms with Gasteiger partial charge in [-0.2, -0.15) is 4.98 Å². The monoisotopic (exact) mass is 275 g/mol. The van der Waals surface area contributed by atoms with Gasteiger partial charge in [0.15, 0.2) is 5.82 Å². The Hall–Kier alpha value is -1.88. The Balaban J connectivity index is 1.96. The summed E-state index contributed by atoms with van der Waals surface area (Å²) in [4.78, 5) is 4.17. The molecule has 0 saturated heterocycles. The maximum absolute atomic E-state index is 5.70. The van der Waals surface area contributed by atoms with Crippen LogP contribution in [0.2, 0.25) is 0 Å². The second kappa shape index (κ2) is 6.52. The van der Waals surface area contributed by atoms with E-state index in [1.807, 2.05) is 32.9 Å². The molecule has 0 bridgehead atoms. The molecule has 0 fully saturated rings. The van der Waals surface area contributed by atoms with Crippen molar-refractivity contribution in [2.24, 2.45) is 0 Å². The second-order valence-electron chi connectivity index (χ2n) is 5.08. The summed E-state index contributed by atoms with van der Waals surface area (Å²) in [5.41, 5.74) is 1.17. The molecular weight excluding hydrogens is 254 g/mol. The third-order valence-corrected chi connectivity index (χ3v) is 2.86. The van der Waals surface area contributed by atoms with E-state index in [2.05, 4.69) is 34.5 Å². The van der Waals surface area contributed by atoms with Crippen LogP contribution in [0.25, 0.3) is 0 Å². The maximum Gasteiger partial charge on any atom is 0.240 e. The number of benzene rings is 1. The molecule has 0 unspecified atom stereocenters. The van der Waals surface area contributed by atoms with Crippen molar-refractivity contribution in [3.63, 3.8) is 0 Å². The van der Waals surface area contributed by atoms with Crippen LogP contribution in [-0.2, 0) is 6.54 Å². The highest BCUT2D eigenvalue weighted by Gasteiger charge is 2.09. The first-order valence-corrected chi connectivity index (χ1v) is 6.84. The van der Waals surface area contributed by atoms with E-state index < -0.39 is 0 Å². The molecule has 0 amide bonds. The Kier molecular flexibility index (Phi) is 4.74. The van der Waals surface area contributed by atoms with E-state index in [0.717, 1.165) is 5.75 Å². The first-order valence-electron chi connectivity index (χ1n) is 6.84. The molecule has 1 atom stereocenters. The summed E-state index contributed by atoms with van der Waals surface area (Å²) >= 11 is 0. The predicted molar refractivity (Wildman–Crippen MR) is 76.5 cm³/mol. The fraction of sp³-hybridized carbons (Fsp3) is 0.467. The first kappa shape index (κ1) is 14.5. The smallest absolute Gasteiger partial charge is 0.240 e. The van der Waals surface area contributed by atoms with Gasteiger partial charge in [-0.15, -0.1) is 0 Å². The molecule has 5 heteroatoms. The van der Waals surface area contributed by atoms with Crippen LogP contribution in [-0.4, -0.2) is 16.2 Å². The highest BCUT2D eigenvalue weighted by Crippen LogP contribution is 2.20. The number of hydrogen-bond donors (Lipinski definition) is 1. The van der Waals surface area contributed by atoms with Crippen molar-refractivity contribution in [1.82, 2.24) is 15.5 Å². The zero-order chi connectivity index (χ0) is 14.5. The van der Waals surface area contributed by atoms with Gasteiger partial charge >= 0.3 is 0 Å². The molecule has 0 aliphatic carbocycles. The third kappa shape index (κ3) is 4.06. The molecule has 2 rings (SSSR count). The molecule has 1 aromatic heterocycles. The van der Waals surface area contributed by atoms with Crippen molar-refractivity contribution < 1.29 is 9.26 Å². The van der Waals surface area contributed by atoms with Gasteiger partial charge in [-0.3, -0.25) is 0 Å². The topological polar surface area (TPSA) is 60.2 Å². The highest BCUT2D eigenvalue weighted by atomic mass is 16.5. The van der Waals surface area contributed by atoms with Crippen LogP contribution in [0.5, 0.6) is 5.75 Å². The maximum atomic E-state index is 5.70. The minimum absolute atomic E-state index is 0.176. The summed E-state index contributed by atoms with van der Waals surface area (Å²) < 4.78 is 10.8. The number of hydrogen-bond acceptors (Lipinski definition) is 5. The molecule has 108 valence electrons. The average molecular weight is 275 g/mol. The van der Waals surface area contributed by atoms with Gasteiger partial charge in [-0.25, -0.2) is 0 Å². The van der Waals surface area contributed by atoms with Crippen LogP contribution in [0.15, 0.2) is 28.8 Å². The zero-order valence-electron chi connectivity index (χ0n) is 12.4. The Labute approximate surface area is 119 Å². The molecule has 0 aliphatic heterocycles. The number of aromatic nitrogens is 2. The average Bonchev–Trinajstić information content (AvgIpc) is 2.81. The Bertz CT molecular complexity index is 552. The van der Waals surface area contributed by atoms with Gasteiger partial charge in [-0.05, 0) is 45.4 Å². The molecule has 0 radical (unpaired) electrons. The summed E-state index contributed by atoms with van der Waals surface area (Å²) in [7, 11) is 0. The van der Waals surface area contributed by atoms with E-state index in [0.29, 0.717) is 18.3 Å². The number of nitrogens with one attached hydrogen (secondary N) is 1. The van der Waals surface area contributed by atoms with Crippen LogP contribution in [0.1, 0.15) is 44.1 Å². The van der Waals surface area contributed by atoms with Gasteiger partial charge in [0.25, 0.3) is 0 Å². The molecule has 5 nitrogen and oxygen atoms in total. The summed E-state index contributed by atoms with van der Waals surface area (Å²) in [5, 5.41) is 7.13. The standard InChI is InChI=1S/C15H21N3O2/c1-10(2)19-14-7-5-6-13(8-14)11(3)16-9-15-17-12(4)18-20-15/h5-8,10-11,16H,9H2,1-4H3/t11-/m1/s1. The SMILES string of the molecule is Cc1noc(CN[C@H](C)c2cccc(OC(C)C)c2)n1. The number of rotatable bonds is 6. The van der Waals surface area contributed by atoms with Crippen LogP contribution in [0, 0.1) is 6.92 Å². The lowest BCUT2D eigenvalue weighted by Crippen LogP contribution is -2.18. The van der Waals surface area contributed by atoms with Gasteiger partial charge < -0.3 is 14.6 Å². The lowest BCUT2D eigenvalue weighted by molar-refractivity contribution is 0.242. The summed E-state index contributed by atoms with van der Waals surface area (Å²) in [6.45, 7) is 8.50. The lowest BCUT2D eigenvalue weighted by Gasteiger charge is -2.15. The first-order chi connectivity index (χ1) is 9.54. The van der Waals surface area contributed by atoms with Crippen molar-refractivity contribution in [2.45, 2.75) is 46.4 Å². The normalized spacial score (nSPS) is 12.7. The number of ether oxygens (including phenoxy) is 1. The molecule has 20 heavy (non-hydrogen) atoms. The van der Waals surface area contributed by atoms with Gasteiger partial charge in [0.2, 0.25) is 5.89 Å². The van der Waals surface area contributed by atoms with Crippen molar-refractivity contribution in [3.05, 3.63) is 41.5 Å². The molecule has 1 aromatic carbocycles. The number of nitrogens with zero attached hydrogens (tertiary/aromatic N) is 2. The van der Waals surface area contributed by atoms with Crippen molar-refractivity contribution >= 4 is 0 Å². The van der Waals surface area contributed by atoms with Gasteiger partial charge in [0, 0.05) is 6.04 Å². The van der Waals surface area contributed by atoms with Crippen LogP contribution in [0.3, 0.4) is 0 Å². The summed E-state index contributed by atoms with van der Waals surface area (Å²) in [6.07, 6.45) is 0.176. The quantitative estimate of drug-likeness (QED) is 0.878. The summed E-state index contributed by atoms with van der Waals surface area (Å²) in [5.74, 6) is 2.14. The van der Waals surface area contributed by atoms with Crippen LogP contribution in [0.4, 0.5) is 0 Å². The molecule has 0 aliphatic rings. The predicted octanol–water partition coefficient (Wildman–Crippen LogP) is 3.02. The zero-order valence-corrected chi connectivity index (χ0v) is 12.4. The molecule has 2 aromatic rings. The van der Waals surface area contributed by atoms with Gasteiger partial charge in [0.1, 0.15) is 5.75 Å². The molecule has 0 spiro atoms.